The van der Waals surface area contributed by atoms with E-state index >= 15 is 0 Å². The number of nitrogens with zero attached hydrogens (tertiary/aromatic N) is 4. The maximum absolute atomic E-state index is 8.93. The standard InChI is InChI=1S/C13H19ClN4O/c1-3-11-13(14)12(18(4-2)16-11)9-17-5-6-19-10(7-15)8-17/h10H,3-6,8-9H2,1-2H3. The van der Waals surface area contributed by atoms with Crippen LogP contribution < -0.4 is 0 Å². The molecule has 1 aromatic heterocycles. The van der Waals surface area contributed by atoms with Crippen molar-refractivity contribution in [2.45, 2.75) is 39.5 Å². The second kappa shape index (κ2) is 6.38. The number of rotatable bonds is 4. The molecule has 1 aliphatic heterocycles. The summed E-state index contributed by atoms with van der Waals surface area (Å²) in [6.45, 7) is 7.69. The molecule has 1 atom stereocenters. The van der Waals surface area contributed by atoms with Gasteiger partial charge in [0.15, 0.2) is 6.10 Å². The zero-order valence-electron chi connectivity index (χ0n) is 11.4. The topological polar surface area (TPSA) is 54.1 Å². The second-order valence-electron chi connectivity index (χ2n) is 4.60. The lowest BCUT2D eigenvalue weighted by Crippen LogP contribution is -2.41. The highest BCUT2D eigenvalue weighted by Gasteiger charge is 2.23. The zero-order chi connectivity index (χ0) is 13.8. The van der Waals surface area contributed by atoms with Crippen molar-refractivity contribution >= 4 is 11.6 Å². The van der Waals surface area contributed by atoms with E-state index in [1.807, 2.05) is 4.68 Å². The highest BCUT2D eigenvalue weighted by molar-refractivity contribution is 6.31. The summed E-state index contributed by atoms with van der Waals surface area (Å²) in [7, 11) is 0. The molecule has 19 heavy (non-hydrogen) atoms. The van der Waals surface area contributed by atoms with Crippen LogP contribution in [0.15, 0.2) is 0 Å². The van der Waals surface area contributed by atoms with Crippen molar-refractivity contribution in [1.29, 1.82) is 5.26 Å². The number of hydrogen-bond donors (Lipinski definition) is 0. The average molecular weight is 283 g/mol. The van der Waals surface area contributed by atoms with Crippen molar-refractivity contribution in [3.63, 3.8) is 0 Å². The normalized spacial score (nSPS) is 20.4. The number of hydrogen-bond acceptors (Lipinski definition) is 4. The molecule has 2 heterocycles. The van der Waals surface area contributed by atoms with E-state index in [2.05, 4.69) is 29.9 Å². The molecule has 0 N–H and O–H groups in total. The fourth-order valence-electron chi connectivity index (χ4n) is 2.30. The first-order valence-corrected chi connectivity index (χ1v) is 7.05. The zero-order valence-corrected chi connectivity index (χ0v) is 12.2. The van der Waals surface area contributed by atoms with E-state index < -0.39 is 0 Å². The van der Waals surface area contributed by atoms with Gasteiger partial charge in [0.05, 0.1) is 29.1 Å². The number of aryl methyl sites for hydroxylation is 2. The van der Waals surface area contributed by atoms with Gasteiger partial charge in [0.2, 0.25) is 0 Å². The molecule has 0 amide bonds. The summed E-state index contributed by atoms with van der Waals surface area (Å²) < 4.78 is 7.31. The minimum absolute atomic E-state index is 0.337. The Kier molecular flexibility index (Phi) is 4.81. The fraction of sp³-hybridized carbons (Fsp3) is 0.692. The number of aromatic nitrogens is 2. The molecule has 2 rings (SSSR count). The Morgan fingerprint density at radius 1 is 1.53 bits per heavy atom. The highest BCUT2D eigenvalue weighted by atomic mass is 35.5. The molecule has 0 spiro atoms. The molecule has 1 fully saturated rings. The maximum atomic E-state index is 8.93. The van der Waals surface area contributed by atoms with Crippen LogP contribution >= 0.6 is 11.6 Å². The third kappa shape index (κ3) is 3.08. The molecule has 0 saturated carbocycles. The number of halogens is 1. The van der Waals surface area contributed by atoms with Crippen LogP contribution in [0.2, 0.25) is 5.02 Å². The predicted molar refractivity (Wildman–Crippen MR) is 72.9 cm³/mol. The van der Waals surface area contributed by atoms with Gasteiger partial charge < -0.3 is 4.74 Å². The van der Waals surface area contributed by atoms with Crippen molar-refractivity contribution in [2.24, 2.45) is 0 Å². The number of nitriles is 1. The van der Waals surface area contributed by atoms with E-state index in [9.17, 15) is 0 Å². The third-order valence-electron chi connectivity index (χ3n) is 3.36. The van der Waals surface area contributed by atoms with Gasteiger partial charge in [-0.1, -0.05) is 18.5 Å². The van der Waals surface area contributed by atoms with Crippen LogP contribution in [-0.2, 0) is 24.2 Å². The summed E-state index contributed by atoms with van der Waals surface area (Å²) in [5.74, 6) is 0. The van der Waals surface area contributed by atoms with Crippen LogP contribution in [0.5, 0.6) is 0 Å². The summed E-state index contributed by atoms with van der Waals surface area (Å²) in [5, 5.41) is 14.2. The van der Waals surface area contributed by atoms with Gasteiger partial charge in [0.25, 0.3) is 0 Å². The first-order valence-electron chi connectivity index (χ1n) is 6.67. The van der Waals surface area contributed by atoms with Crippen molar-refractivity contribution in [3.8, 4) is 6.07 Å². The molecular weight excluding hydrogens is 264 g/mol. The molecule has 1 aromatic rings. The Labute approximate surface area is 118 Å². The van der Waals surface area contributed by atoms with E-state index in [1.165, 1.54) is 0 Å². The molecule has 1 aliphatic rings. The quantitative estimate of drug-likeness (QED) is 0.846. The van der Waals surface area contributed by atoms with E-state index in [-0.39, 0.29) is 6.10 Å². The molecular formula is C13H19ClN4O. The van der Waals surface area contributed by atoms with E-state index in [4.69, 9.17) is 21.6 Å². The van der Waals surface area contributed by atoms with Crippen molar-refractivity contribution < 1.29 is 4.74 Å². The molecule has 5 nitrogen and oxygen atoms in total. The first kappa shape index (κ1) is 14.3. The van der Waals surface area contributed by atoms with Crippen molar-refractivity contribution in [1.82, 2.24) is 14.7 Å². The molecule has 0 bridgehead atoms. The van der Waals surface area contributed by atoms with Crippen LogP contribution in [0.25, 0.3) is 0 Å². The van der Waals surface area contributed by atoms with Crippen LogP contribution in [0, 0.1) is 11.3 Å². The maximum Gasteiger partial charge on any atom is 0.156 e. The summed E-state index contributed by atoms with van der Waals surface area (Å²) in [4.78, 5) is 2.20. The van der Waals surface area contributed by atoms with Gasteiger partial charge in [-0.05, 0) is 13.3 Å². The van der Waals surface area contributed by atoms with Gasteiger partial charge in [-0.2, -0.15) is 10.4 Å². The van der Waals surface area contributed by atoms with E-state index in [0.717, 1.165) is 42.5 Å². The lowest BCUT2D eigenvalue weighted by Gasteiger charge is -2.29. The Morgan fingerprint density at radius 2 is 2.32 bits per heavy atom. The molecule has 0 aromatic carbocycles. The van der Waals surface area contributed by atoms with Gasteiger partial charge in [-0.15, -0.1) is 0 Å². The predicted octanol–water partition coefficient (Wildman–Crippen LogP) is 1.84. The third-order valence-corrected chi connectivity index (χ3v) is 3.80. The smallest absolute Gasteiger partial charge is 0.156 e. The SMILES string of the molecule is CCc1nn(CC)c(CN2CCOC(C#N)C2)c1Cl. The van der Waals surface area contributed by atoms with E-state index in [0.29, 0.717) is 13.2 Å². The highest BCUT2D eigenvalue weighted by Crippen LogP contribution is 2.23. The Bertz CT molecular complexity index is 480. The van der Waals surface area contributed by atoms with Crippen LogP contribution in [0.4, 0.5) is 0 Å². The van der Waals surface area contributed by atoms with Crippen LogP contribution in [-0.4, -0.2) is 40.5 Å². The summed E-state index contributed by atoms with van der Waals surface area (Å²) in [6, 6.07) is 2.16. The van der Waals surface area contributed by atoms with Gasteiger partial charge >= 0.3 is 0 Å². The van der Waals surface area contributed by atoms with Crippen molar-refractivity contribution in [2.75, 3.05) is 19.7 Å². The lowest BCUT2D eigenvalue weighted by atomic mass is 10.2. The van der Waals surface area contributed by atoms with Crippen LogP contribution in [0.3, 0.4) is 0 Å². The Hall–Kier alpha value is -1.09. The fourth-order valence-corrected chi connectivity index (χ4v) is 2.63. The van der Waals surface area contributed by atoms with Gasteiger partial charge in [0, 0.05) is 26.2 Å². The number of morpholine rings is 1. The van der Waals surface area contributed by atoms with Gasteiger partial charge in [-0.25, -0.2) is 0 Å². The molecule has 6 heteroatoms. The minimum Gasteiger partial charge on any atom is -0.361 e. The first-order chi connectivity index (χ1) is 9.19. The Morgan fingerprint density at radius 3 is 2.95 bits per heavy atom. The summed E-state index contributed by atoms with van der Waals surface area (Å²) in [6.07, 6.45) is 0.499. The monoisotopic (exact) mass is 282 g/mol. The Balaban J connectivity index is 2.14. The molecule has 0 aliphatic carbocycles. The molecule has 1 saturated heterocycles. The summed E-state index contributed by atoms with van der Waals surface area (Å²) >= 11 is 6.39. The van der Waals surface area contributed by atoms with Crippen LogP contribution in [0.1, 0.15) is 25.2 Å². The average Bonchev–Trinajstić information content (AvgIpc) is 2.75. The number of ether oxygens (including phenoxy) is 1. The van der Waals surface area contributed by atoms with Gasteiger partial charge in [0.1, 0.15) is 0 Å². The van der Waals surface area contributed by atoms with Gasteiger partial charge in [-0.3, -0.25) is 9.58 Å². The largest absolute Gasteiger partial charge is 0.361 e. The molecule has 1 unspecified atom stereocenters. The van der Waals surface area contributed by atoms with E-state index in [1.54, 1.807) is 0 Å². The van der Waals surface area contributed by atoms with Crippen molar-refractivity contribution in [3.05, 3.63) is 16.4 Å². The molecule has 0 radical (unpaired) electrons. The minimum atomic E-state index is -0.337. The second-order valence-corrected chi connectivity index (χ2v) is 4.98. The lowest BCUT2D eigenvalue weighted by molar-refractivity contribution is -0.00356. The summed E-state index contributed by atoms with van der Waals surface area (Å²) in [5.41, 5.74) is 1.99. The molecule has 104 valence electrons.